The number of Topliss-reactive ketones (excluding diaryl/α,β-unsaturated/α-hetero) is 1. The Balaban J connectivity index is 2.25. The number of carbonyl (C=O) groups excluding carboxylic acids is 1. The summed E-state index contributed by atoms with van der Waals surface area (Å²) < 4.78 is 1.57. The molecule has 2 aromatic heterocycles. The number of aromatic nitrogens is 3. The number of aryl methyl sites for hydroxylation is 2. The summed E-state index contributed by atoms with van der Waals surface area (Å²) in [6.07, 6.45) is 0.252. The predicted octanol–water partition coefficient (Wildman–Crippen LogP) is 2.26. The van der Waals surface area contributed by atoms with E-state index in [1.807, 2.05) is 6.92 Å². The highest BCUT2D eigenvalue weighted by molar-refractivity contribution is 7.07. The fourth-order valence-corrected chi connectivity index (χ4v) is 2.27. The molecule has 0 aliphatic carbocycles. The lowest BCUT2D eigenvalue weighted by molar-refractivity contribution is 0.0988. The summed E-state index contributed by atoms with van der Waals surface area (Å²) >= 11 is 7.46. The molecular weight excluding hydrogens is 246 g/mol. The molecule has 0 bridgehead atoms. The number of rotatable bonds is 3. The Bertz CT molecular complexity index is 518. The van der Waals surface area contributed by atoms with Crippen molar-refractivity contribution in [3.05, 3.63) is 33.0 Å². The van der Waals surface area contributed by atoms with Gasteiger partial charge in [0.1, 0.15) is 10.8 Å². The van der Waals surface area contributed by atoms with Crippen LogP contribution < -0.4 is 0 Å². The van der Waals surface area contributed by atoms with Crippen LogP contribution >= 0.6 is 22.9 Å². The van der Waals surface area contributed by atoms with Crippen molar-refractivity contribution < 1.29 is 4.79 Å². The molecule has 0 unspecified atom stereocenters. The van der Waals surface area contributed by atoms with Crippen LogP contribution in [0.2, 0.25) is 5.15 Å². The lowest BCUT2D eigenvalue weighted by Gasteiger charge is -1.97. The molecule has 2 aromatic rings. The first-order valence-corrected chi connectivity index (χ1v) is 6.01. The first-order chi connectivity index (χ1) is 7.59. The molecule has 0 atom stereocenters. The maximum absolute atomic E-state index is 11.8. The van der Waals surface area contributed by atoms with Gasteiger partial charge >= 0.3 is 0 Å². The van der Waals surface area contributed by atoms with Gasteiger partial charge in [0.15, 0.2) is 5.78 Å². The topological polar surface area (TPSA) is 47.8 Å². The first-order valence-electron chi connectivity index (χ1n) is 4.69. The van der Waals surface area contributed by atoms with Gasteiger partial charge in [0.2, 0.25) is 0 Å². The van der Waals surface area contributed by atoms with Gasteiger partial charge in [0.05, 0.1) is 11.2 Å². The molecule has 0 saturated heterocycles. The predicted molar refractivity (Wildman–Crippen MR) is 63.1 cm³/mol. The van der Waals surface area contributed by atoms with Crippen molar-refractivity contribution >= 4 is 28.7 Å². The highest BCUT2D eigenvalue weighted by Crippen LogP contribution is 2.20. The van der Waals surface area contributed by atoms with E-state index in [2.05, 4.69) is 10.1 Å². The average molecular weight is 256 g/mol. The largest absolute Gasteiger partial charge is 0.292 e. The van der Waals surface area contributed by atoms with E-state index in [1.165, 1.54) is 11.3 Å². The van der Waals surface area contributed by atoms with E-state index in [-0.39, 0.29) is 12.2 Å². The Morgan fingerprint density at radius 1 is 1.62 bits per heavy atom. The molecule has 0 aliphatic heterocycles. The van der Waals surface area contributed by atoms with E-state index >= 15 is 0 Å². The molecule has 84 valence electrons. The van der Waals surface area contributed by atoms with Crippen molar-refractivity contribution in [1.82, 2.24) is 14.8 Å². The Kier molecular flexibility index (Phi) is 3.07. The Morgan fingerprint density at radius 3 is 2.88 bits per heavy atom. The SMILES string of the molecule is Cc1nn(C)c(Cl)c1CC(=O)c1cscn1. The number of carbonyl (C=O) groups is 1. The molecule has 6 heteroatoms. The molecule has 0 saturated carbocycles. The fourth-order valence-electron chi connectivity index (χ4n) is 1.48. The Labute approximate surface area is 102 Å². The molecule has 0 aliphatic rings. The minimum atomic E-state index is -0.0285. The lowest BCUT2D eigenvalue weighted by Crippen LogP contribution is -2.04. The zero-order chi connectivity index (χ0) is 11.7. The molecule has 0 aromatic carbocycles. The van der Waals surface area contributed by atoms with Crippen molar-refractivity contribution in [2.45, 2.75) is 13.3 Å². The molecule has 0 spiro atoms. The first kappa shape index (κ1) is 11.3. The second-order valence-electron chi connectivity index (χ2n) is 3.45. The molecule has 2 heterocycles. The van der Waals surface area contributed by atoms with E-state index in [1.54, 1.807) is 22.6 Å². The Morgan fingerprint density at radius 2 is 2.38 bits per heavy atom. The van der Waals surface area contributed by atoms with Crippen LogP contribution in [0.4, 0.5) is 0 Å². The van der Waals surface area contributed by atoms with Gasteiger partial charge in [-0.25, -0.2) is 4.98 Å². The second-order valence-corrected chi connectivity index (χ2v) is 4.53. The molecule has 4 nitrogen and oxygen atoms in total. The number of halogens is 1. The molecule has 0 fully saturated rings. The van der Waals surface area contributed by atoms with E-state index in [9.17, 15) is 4.79 Å². The van der Waals surface area contributed by atoms with E-state index in [0.717, 1.165) is 11.3 Å². The third kappa shape index (κ3) is 2.01. The van der Waals surface area contributed by atoms with Gasteiger partial charge in [-0.3, -0.25) is 9.48 Å². The monoisotopic (exact) mass is 255 g/mol. The molecule has 2 rings (SSSR count). The van der Waals surface area contributed by atoms with Crippen molar-refractivity contribution in [2.75, 3.05) is 0 Å². The molecule has 16 heavy (non-hydrogen) atoms. The van der Waals surface area contributed by atoms with E-state index in [0.29, 0.717) is 10.8 Å². The van der Waals surface area contributed by atoms with Crippen LogP contribution in [0.3, 0.4) is 0 Å². The number of thiazole rings is 1. The summed E-state index contributed by atoms with van der Waals surface area (Å²) in [6, 6.07) is 0. The molecule has 0 amide bonds. The summed E-state index contributed by atoms with van der Waals surface area (Å²) in [4.78, 5) is 15.8. The average Bonchev–Trinajstić information content (AvgIpc) is 2.83. The zero-order valence-electron chi connectivity index (χ0n) is 8.90. The van der Waals surface area contributed by atoms with Gasteiger partial charge < -0.3 is 0 Å². The summed E-state index contributed by atoms with van der Waals surface area (Å²) in [6.45, 7) is 1.84. The highest BCUT2D eigenvalue weighted by atomic mass is 35.5. The minimum Gasteiger partial charge on any atom is -0.292 e. The number of ketones is 1. The molecule has 0 N–H and O–H groups in total. The Hall–Kier alpha value is -1.20. The van der Waals surface area contributed by atoms with Crippen molar-refractivity contribution in [1.29, 1.82) is 0 Å². The van der Waals surface area contributed by atoms with Crippen LogP contribution in [0.5, 0.6) is 0 Å². The summed E-state index contributed by atoms with van der Waals surface area (Å²) in [5.74, 6) is -0.0285. The van der Waals surface area contributed by atoms with Crippen LogP contribution in [-0.4, -0.2) is 20.5 Å². The highest BCUT2D eigenvalue weighted by Gasteiger charge is 2.16. The standard InChI is InChI=1S/C10H10ClN3OS/c1-6-7(10(11)14(2)13-6)3-9(15)8-4-16-5-12-8/h4-5H,3H2,1-2H3. The number of hydrogen-bond acceptors (Lipinski definition) is 4. The molecule has 0 radical (unpaired) electrons. The van der Waals surface area contributed by atoms with Gasteiger partial charge in [0, 0.05) is 24.4 Å². The lowest BCUT2D eigenvalue weighted by atomic mass is 10.1. The van der Waals surface area contributed by atoms with Crippen LogP contribution in [0, 0.1) is 6.92 Å². The second kappa shape index (κ2) is 4.35. The minimum absolute atomic E-state index is 0.0285. The van der Waals surface area contributed by atoms with Gasteiger partial charge in [-0.2, -0.15) is 5.10 Å². The zero-order valence-corrected chi connectivity index (χ0v) is 10.5. The van der Waals surface area contributed by atoms with E-state index < -0.39 is 0 Å². The maximum atomic E-state index is 11.8. The molecular formula is C10H10ClN3OS. The van der Waals surface area contributed by atoms with Crippen LogP contribution in [0.25, 0.3) is 0 Å². The third-order valence-corrected chi connectivity index (χ3v) is 3.38. The van der Waals surface area contributed by atoms with Gasteiger partial charge in [0.25, 0.3) is 0 Å². The summed E-state index contributed by atoms with van der Waals surface area (Å²) in [5.41, 5.74) is 3.70. The van der Waals surface area contributed by atoms with E-state index in [4.69, 9.17) is 11.6 Å². The maximum Gasteiger partial charge on any atom is 0.186 e. The van der Waals surface area contributed by atoms with Crippen LogP contribution in [-0.2, 0) is 13.5 Å². The van der Waals surface area contributed by atoms with Crippen molar-refractivity contribution in [3.8, 4) is 0 Å². The quantitative estimate of drug-likeness (QED) is 0.791. The third-order valence-electron chi connectivity index (χ3n) is 2.33. The van der Waals surface area contributed by atoms with Crippen molar-refractivity contribution in [3.63, 3.8) is 0 Å². The van der Waals surface area contributed by atoms with Gasteiger partial charge in [-0.05, 0) is 6.92 Å². The summed E-state index contributed by atoms with van der Waals surface area (Å²) in [5, 5.41) is 6.41. The van der Waals surface area contributed by atoms with Gasteiger partial charge in [-0.15, -0.1) is 11.3 Å². The fraction of sp³-hybridized carbons (Fsp3) is 0.300. The van der Waals surface area contributed by atoms with Crippen LogP contribution in [0.15, 0.2) is 10.9 Å². The summed E-state index contributed by atoms with van der Waals surface area (Å²) in [7, 11) is 1.76. The normalized spacial score (nSPS) is 10.7. The van der Waals surface area contributed by atoms with Crippen LogP contribution in [0.1, 0.15) is 21.7 Å². The number of hydrogen-bond donors (Lipinski definition) is 0. The smallest absolute Gasteiger partial charge is 0.186 e. The van der Waals surface area contributed by atoms with Crippen molar-refractivity contribution in [2.24, 2.45) is 7.05 Å². The number of nitrogens with zero attached hydrogens (tertiary/aromatic N) is 3. The van der Waals surface area contributed by atoms with Gasteiger partial charge in [-0.1, -0.05) is 11.6 Å².